The third-order valence-electron chi connectivity index (χ3n) is 3.61. The molecule has 6 heteroatoms. The summed E-state index contributed by atoms with van der Waals surface area (Å²) in [6, 6.07) is 5.44. The summed E-state index contributed by atoms with van der Waals surface area (Å²) in [6.07, 6.45) is 4.74. The number of methoxy groups -OCH3 is 1. The fraction of sp³-hybridized carbons (Fsp3) is 0.500. The molecule has 0 heterocycles. The van der Waals surface area contributed by atoms with Crippen molar-refractivity contribution in [3.8, 4) is 5.75 Å². The number of ether oxygens (including phenoxy) is 1. The second kappa shape index (κ2) is 7.29. The van der Waals surface area contributed by atoms with Gasteiger partial charge in [-0.05, 0) is 47.0 Å². The predicted octanol–water partition coefficient (Wildman–Crippen LogP) is 3.48. The molecule has 0 saturated heterocycles. The van der Waals surface area contributed by atoms with Gasteiger partial charge >= 0.3 is 0 Å². The molecule has 0 aromatic heterocycles. The van der Waals surface area contributed by atoms with Crippen molar-refractivity contribution in [1.82, 2.24) is 0 Å². The van der Waals surface area contributed by atoms with Gasteiger partial charge in [-0.3, -0.25) is 4.79 Å². The van der Waals surface area contributed by atoms with Crippen molar-refractivity contribution in [3.63, 3.8) is 0 Å². The largest absolute Gasteiger partial charge is 0.496 e. The van der Waals surface area contributed by atoms with Crippen LogP contribution >= 0.6 is 28.3 Å². The summed E-state index contributed by atoms with van der Waals surface area (Å²) < 4.78 is 5.96. The number of nitrogens with two attached hydrogens (primary N) is 1. The van der Waals surface area contributed by atoms with Crippen LogP contribution in [0.1, 0.15) is 32.1 Å². The van der Waals surface area contributed by atoms with Gasteiger partial charge in [0.2, 0.25) is 5.91 Å². The number of benzene rings is 1. The molecular formula is C14H20BrClN2O2. The summed E-state index contributed by atoms with van der Waals surface area (Å²) in [5.74, 6) is 0.641. The van der Waals surface area contributed by atoms with E-state index < -0.39 is 5.54 Å². The minimum Gasteiger partial charge on any atom is -0.496 e. The molecule has 1 aromatic rings. The highest BCUT2D eigenvalue weighted by atomic mass is 79.9. The normalized spacial score (nSPS) is 16.9. The molecule has 112 valence electrons. The van der Waals surface area contributed by atoms with Crippen LogP contribution in [0.3, 0.4) is 0 Å². The van der Waals surface area contributed by atoms with Crippen LogP contribution in [-0.2, 0) is 4.79 Å². The fourth-order valence-corrected chi connectivity index (χ4v) is 2.95. The molecule has 20 heavy (non-hydrogen) atoms. The lowest BCUT2D eigenvalue weighted by Gasteiger charge is -2.31. The Kier molecular flexibility index (Phi) is 6.30. The molecule has 0 radical (unpaired) electrons. The van der Waals surface area contributed by atoms with Crippen molar-refractivity contribution in [3.05, 3.63) is 22.7 Å². The highest BCUT2D eigenvalue weighted by molar-refractivity contribution is 9.10. The first kappa shape index (κ1) is 17.3. The second-order valence-electron chi connectivity index (χ2n) is 5.02. The van der Waals surface area contributed by atoms with E-state index in [4.69, 9.17) is 10.5 Å². The minimum atomic E-state index is -0.718. The van der Waals surface area contributed by atoms with Crippen LogP contribution in [0, 0.1) is 0 Å². The average molecular weight is 364 g/mol. The maximum absolute atomic E-state index is 12.3. The Hall–Kier alpha value is -0.780. The van der Waals surface area contributed by atoms with Crippen LogP contribution < -0.4 is 15.8 Å². The standard InChI is InChI=1S/C14H19BrN2O2.ClH/c1-19-12-6-5-10(9-11(12)15)17-13(18)14(16)7-3-2-4-8-14;/h5-6,9H,2-4,7-8,16H2,1H3,(H,17,18);1H. The molecule has 2 rings (SSSR count). The molecule has 1 aliphatic rings. The van der Waals surface area contributed by atoms with Crippen LogP contribution in [0.4, 0.5) is 5.69 Å². The van der Waals surface area contributed by atoms with Gasteiger partial charge in [0.15, 0.2) is 0 Å². The van der Waals surface area contributed by atoms with E-state index >= 15 is 0 Å². The highest BCUT2D eigenvalue weighted by Crippen LogP contribution is 2.30. The lowest BCUT2D eigenvalue weighted by Crippen LogP contribution is -2.52. The van der Waals surface area contributed by atoms with E-state index in [1.165, 1.54) is 6.42 Å². The number of carbonyl (C=O) groups is 1. The van der Waals surface area contributed by atoms with Crippen molar-refractivity contribution >= 4 is 39.9 Å². The summed E-state index contributed by atoms with van der Waals surface area (Å²) in [4.78, 5) is 12.3. The third kappa shape index (κ3) is 3.87. The molecule has 1 amide bonds. The van der Waals surface area contributed by atoms with Crippen LogP contribution in [0.25, 0.3) is 0 Å². The lowest BCUT2D eigenvalue weighted by atomic mass is 9.82. The maximum atomic E-state index is 12.3. The molecule has 1 aliphatic carbocycles. The molecule has 0 atom stereocenters. The van der Waals surface area contributed by atoms with E-state index in [0.717, 1.165) is 41.6 Å². The molecule has 0 bridgehead atoms. The highest BCUT2D eigenvalue weighted by Gasteiger charge is 2.35. The molecule has 0 unspecified atom stereocenters. The predicted molar refractivity (Wildman–Crippen MR) is 86.6 cm³/mol. The van der Waals surface area contributed by atoms with Crippen molar-refractivity contribution < 1.29 is 9.53 Å². The van der Waals surface area contributed by atoms with Crippen molar-refractivity contribution in [2.45, 2.75) is 37.6 Å². The molecule has 1 fully saturated rings. The first-order valence-electron chi connectivity index (χ1n) is 6.49. The number of hydrogen-bond acceptors (Lipinski definition) is 3. The SMILES string of the molecule is COc1ccc(NC(=O)C2(N)CCCCC2)cc1Br.Cl. The van der Waals surface area contributed by atoms with Crippen LogP contribution in [-0.4, -0.2) is 18.6 Å². The smallest absolute Gasteiger partial charge is 0.244 e. The van der Waals surface area contributed by atoms with Gasteiger partial charge in [-0.1, -0.05) is 19.3 Å². The van der Waals surface area contributed by atoms with E-state index in [9.17, 15) is 4.79 Å². The Labute approximate surface area is 134 Å². The number of hydrogen-bond donors (Lipinski definition) is 2. The van der Waals surface area contributed by atoms with Gasteiger partial charge in [-0.2, -0.15) is 0 Å². The summed E-state index contributed by atoms with van der Waals surface area (Å²) >= 11 is 3.40. The Balaban J connectivity index is 0.00000200. The van der Waals surface area contributed by atoms with E-state index in [-0.39, 0.29) is 18.3 Å². The maximum Gasteiger partial charge on any atom is 0.244 e. The molecule has 1 aromatic carbocycles. The zero-order valence-electron chi connectivity index (χ0n) is 11.4. The van der Waals surface area contributed by atoms with Gasteiger partial charge in [0.1, 0.15) is 5.75 Å². The summed E-state index contributed by atoms with van der Waals surface area (Å²) in [5, 5.41) is 2.89. The van der Waals surface area contributed by atoms with Crippen molar-refractivity contribution in [2.24, 2.45) is 5.73 Å². The quantitative estimate of drug-likeness (QED) is 0.864. The Morgan fingerprint density at radius 1 is 1.35 bits per heavy atom. The first-order chi connectivity index (χ1) is 9.05. The van der Waals surface area contributed by atoms with Crippen molar-refractivity contribution in [2.75, 3.05) is 12.4 Å². The first-order valence-corrected chi connectivity index (χ1v) is 7.28. The van der Waals surface area contributed by atoms with E-state index in [1.54, 1.807) is 7.11 Å². The van der Waals surface area contributed by atoms with Gasteiger partial charge in [-0.15, -0.1) is 12.4 Å². The number of anilines is 1. The van der Waals surface area contributed by atoms with Crippen molar-refractivity contribution in [1.29, 1.82) is 0 Å². The topological polar surface area (TPSA) is 64.3 Å². The molecule has 3 N–H and O–H groups in total. The molecular weight excluding hydrogens is 344 g/mol. The zero-order valence-corrected chi connectivity index (χ0v) is 13.9. The van der Waals surface area contributed by atoms with Gasteiger partial charge in [0, 0.05) is 5.69 Å². The molecule has 0 aliphatic heterocycles. The van der Waals surface area contributed by atoms with Gasteiger partial charge in [0.05, 0.1) is 17.1 Å². The average Bonchev–Trinajstić information content (AvgIpc) is 2.40. The lowest BCUT2D eigenvalue weighted by molar-refractivity contribution is -0.122. The van der Waals surface area contributed by atoms with Gasteiger partial charge in [0.25, 0.3) is 0 Å². The number of rotatable bonds is 3. The monoisotopic (exact) mass is 362 g/mol. The van der Waals surface area contributed by atoms with Crippen LogP contribution in [0.5, 0.6) is 5.75 Å². The number of nitrogens with one attached hydrogen (secondary N) is 1. The van der Waals surface area contributed by atoms with E-state index in [1.807, 2.05) is 18.2 Å². The number of halogens is 2. The summed E-state index contributed by atoms with van der Waals surface area (Å²) in [6.45, 7) is 0. The van der Waals surface area contributed by atoms with Gasteiger partial charge in [-0.25, -0.2) is 0 Å². The van der Waals surface area contributed by atoms with Gasteiger partial charge < -0.3 is 15.8 Å². The molecule has 0 spiro atoms. The van der Waals surface area contributed by atoms with Crippen LogP contribution in [0.2, 0.25) is 0 Å². The number of carbonyl (C=O) groups excluding carboxylic acids is 1. The third-order valence-corrected chi connectivity index (χ3v) is 4.23. The summed E-state index contributed by atoms with van der Waals surface area (Å²) in [7, 11) is 1.61. The minimum absolute atomic E-state index is 0. The Bertz CT molecular complexity index is 476. The second-order valence-corrected chi connectivity index (χ2v) is 5.87. The number of amides is 1. The zero-order chi connectivity index (χ0) is 13.9. The summed E-state index contributed by atoms with van der Waals surface area (Å²) in [5.41, 5.74) is 6.21. The van der Waals surface area contributed by atoms with Crippen LogP contribution in [0.15, 0.2) is 22.7 Å². The molecule has 4 nitrogen and oxygen atoms in total. The fourth-order valence-electron chi connectivity index (χ4n) is 2.41. The Morgan fingerprint density at radius 3 is 2.55 bits per heavy atom. The van der Waals surface area contributed by atoms with E-state index in [0.29, 0.717) is 0 Å². The Morgan fingerprint density at radius 2 is 2.00 bits per heavy atom. The molecule has 1 saturated carbocycles. The van der Waals surface area contributed by atoms with E-state index in [2.05, 4.69) is 21.2 Å².